The third-order valence-electron chi connectivity index (χ3n) is 5.34. The van der Waals surface area contributed by atoms with E-state index < -0.39 is 10.0 Å². The molecule has 2 aromatic rings. The number of sulfonamides is 1. The first kappa shape index (κ1) is 22.1. The number of anilines is 1. The number of thioether (sulfide) groups is 1. The Balaban J connectivity index is 1.41. The van der Waals surface area contributed by atoms with Crippen LogP contribution in [-0.4, -0.2) is 63.3 Å². The highest BCUT2D eigenvalue weighted by atomic mass is 32.2. The molecule has 0 spiro atoms. The first-order valence-electron chi connectivity index (χ1n) is 10.3. The second-order valence-corrected chi connectivity index (χ2v) is 10.9. The van der Waals surface area contributed by atoms with Gasteiger partial charge in [0.05, 0.1) is 23.8 Å². The van der Waals surface area contributed by atoms with Gasteiger partial charge in [-0.2, -0.15) is 4.31 Å². The zero-order valence-corrected chi connectivity index (χ0v) is 19.0. The van der Waals surface area contributed by atoms with Crippen molar-refractivity contribution in [2.75, 3.05) is 44.4 Å². The van der Waals surface area contributed by atoms with Crippen LogP contribution in [0, 0.1) is 0 Å². The lowest BCUT2D eigenvalue weighted by molar-refractivity contribution is -0.120. The molecule has 7 nitrogen and oxygen atoms in total. The van der Waals surface area contributed by atoms with Gasteiger partial charge in [0, 0.05) is 29.8 Å². The molecule has 1 fully saturated rings. The smallest absolute Gasteiger partial charge is 0.264 e. The Bertz CT molecular complexity index is 1020. The molecule has 2 aliphatic rings. The van der Waals surface area contributed by atoms with E-state index in [0.29, 0.717) is 43.8 Å². The van der Waals surface area contributed by atoms with E-state index in [1.54, 1.807) is 28.8 Å². The fourth-order valence-electron chi connectivity index (χ4n) is 3.61. The van der Waals surface area contributed by atoms with Gasteiger partial charge in [-0.25, -0.2) is 8.42 Å². The third kappa shape index (κ3) is 5.06. The van der Waals surface area contributed by atoms with Gasteiger partial charge in [-0.05, 0) is 42.8 Å². The Morgan fingerprint density at radius 3 is 2.55 bits per heavy atom. The van der Waals surface area contributed by atoms with Crippen molar-refractivity contribution >= 4 is 33.4 Å². The van der Waals surface area contributed by atoms with Gasteiger partial charge < -0.3 is 14.4 Å². The zero-order chi connectivity index (χ0) is 21.8. The van der Waals surface area contributed by atoms with Crippen LogP contribution in [0.4, 0.5) is 5.69 Å². The second kappa shape index (κ2) is 9.60. The van der Waals surface area contributed by atoms with Crippen LogP contribution in [0.2, 0.25) is 0 Å². The fourth-order valence-corrected chi connectivity index (χ4v) is 6.13. The van der Waals surface area contributed by atoms with E-state index in [-0.39, 0.29) is 17.4 Å². The quantitative estimate of drug-likeness (QED) is 0.680. The number of morpholine rings is 1. The van der Waals surface area contributed by atoms with Crippen molar-refractivity contribution in [3.8, 4) is 5.75 Å². The van der Waals surface area contributed by atoms with Crippen LogP contribution in [-0.2, 0) is 19.6 Å². The normalized spacial score (nSPS) is 20.0. The summed E-state index contributed by atoms with van der Waals surface area (Å²) in [5, 5.41) is 0.431. The lowest BCUT2D eigenvalue weighted by Crippen LogP contribution is -2.40. The molecule has 0 aliphatic carbocycles. The van der Waals surface area contributed by atoms with E-state index in [1.165, 1.54) is 16.4 Å². The Morgan fingerprint density at radius 1 is 1.10 bits per heavy atom. The van der Waals surface area contributed by atoms with E-state index in [4.69, 9.17) is 9.47 Å². The van der Waals surface area contributed by atoms with Crippen LogP contribution in [0.3, 0.4) is 0 Å². The maximum atomic E-state index is 12.9. The summed E-state index contributed by atoms with van der Waals surface area (Å²) in [7, 11) is -3.55. The number of para-hydroxylation sites is 1. The van der Waals surface area contributed by atoms with Gasteiger partial charge in [-0.15, -0.1) is 11.8 Å². The highest BCUT2D eigenvalue weighted by Crippen LogP contribution is 2.37. The van der Waals surface area contributed by atoms with Crippen LogP contribution in [0.1, 0.15) is 13.3 Å². The Labute approximate surface area is 187 Å². The van der Waals surface area contributed by atoms with Gasteiger partial charge in [0.15, 0.2) is 6.61 Å². The van der Waals surface area contributed by atoms with Crippen molar-refractivity contribution in [3.05, 3.63) is 48.5 Å². The molecule has 0 saturated carbocycles. The Hall–Kier alpha value is -2.07. The number of ether oxygens (including phenoxy) is 2. The van der Waals surface area contributed by atoms with Crippen LogP contribution < -0.4 is 9.64 Å². The minimum absolute atomic E-state index is 0.108. The van der Waals surface area contributed by atoms with Gasteiger partial charge in [-0.3, -0.25) is 4.79 Å². The van der Waals surface area contributed by atoms with Gasteiger partial charge in [-0.1, -0.05) is 19.1 Å². The largest absolute Gasteiger partial charge is 0.484 e. The summed E-state index contributed by atoms with van der Waals surface area (Å²) in [4.78, 5) is 16.0. The summed E-state index contributed by atoms with van der Waals surface area (Å²) in [6, 6.07) is 14.1. The fraction of sp³-hybridized carbons (Fsp3) is 0.409. The molecular formula is C22H26N2O5S2. The van der Waals surface area contributed by atoms with Gasteiger partial charge >= 0.3 is 0 Å². The van der Waals surface area contributed by atoms with Crippen molar-refractivity contribution in [1.82, 2.24) is 4.31 Å². The predicted octanol–water partition coefficient (Wildman–Crippen LogP) is 3.00. The third-order valence-corrected chi connectivity index (χ3v) is 8.49. The van der Waals surface area contributed by atoms with Gasteiger partial charge in [0.1, 0.15) is 5.75 Å². The molecule has 1 saturated heterocycles. The Kier molecular flexibility index (Phi) is 6.86. The number of hydrogen-bond donors (Lipinski definition) is 0. The van der Waals surface area contributed by atoms with Crippen molar-refractivity contribution in [2.24, 2.45) is 0 Å². The van der Waals surface area contributed by atoms with Crippen LogP contribution in [0.25, 0.3) is 0 Å². The standard InChI is InChI=1S/C22H26N2O5S2/c1-17-10-11-24(20-4-2-3-5-21(20)30-17)22(25)16-29-18-6-8-19(9-7-18)31(26,27)23-12-14-28-15-13-23/h2-9,17H,10-16H2,1H3. The van der Waals surface area contributed by atoms with Crippen LogP contribution >= 0.6 is 11.8 Å². The molecule has 4 rings (SSSR count). The number of hydrogen-bond acceptors (Lipinski definition) is 6. The molecule has 0 N–H and O–H groups in total. The minimum Gasteiger partial charge on any atom is -0.484 e. The van der Waals surface area contributed by atoms with Crippen molar-refractivity contribution < 1.29 is 22.7 Å². The molecule has 1 amide bonds. The molecule has 166 valence electrons. The Morgan fingerprint density at radius 2 is 1.81 bits per heavy atom. The lowest BCUT2D eigenvalue weighted by Gasteiger charge is -2.26. The number of rotatable bonds is 5. The molecule has 1 unspecified atom stereocenters. The van der Waals surface area contributed by atoms with Crippen LogP contribution in [0.5, 0.6) is 5.75 Å². The number of amides is 1. The first-order valence-corrected chi connectivity index (χ1v) is 12.6. The number of fused-ring (bicyclic) bond motifs is 1. The topological polar surface area (TPSA) is 76.2 Å². The zero-order valence-electron chi connectivity index (χ0n) is 17.4. The van der Waals surface area contributed by atoms with Crippen molar-refractivity contribution in [3.63, 3.8) is 0 Å². The van der Waals surface area contributed by atoms with Crippen LogP contribution in [0.15, 0.2) is 58.3 Å². The molecule has 0 radical (unpaired) electrons. The van der Waals surface area contributed by atoms with E-state index in [2.05, 4.69) is 6.92 Å². The van der Waals surface area contributed by atoms with Crippen molar-refractivity contribution in [1.29, 1.82) is 0 Å². The lowest BCUT2D eigenvalue weighted by atomic mass is 10.2. The molecule has 0 aromatic heterocycles. The number of carbonyl (C=O) groups excluding carboxylic acids is 1. The number of carbonyl (C=O) groups is 1. The minimum atomic E-state index is -3.55. The summed E-state index contributed by atoms with van der Waals surface area (Å²) >= 11 is 1.78. The summed E-state index contributed by atoms with van der Waals surface area (Å²) < 4.78 is 37.8. The molecule has 0 bridgehead atoms. The highest BCUT2D eigenvalue weighted by molar-refractivity contribution is 8.00. The summed E-state index contributed by atoms with van der Waals surface area (Å²) in [6.07, 6.45) is 0.902. The monoisotopic (exact) mass is 462 g/mol. The molecule has 2 heterocycles. The highest BCUT2D eigenvalue weighted by Gasteiger charge is 2.27. The summed E-state index contributed by atoms with van der Waals surface area (Å²) in [5.41, 5.74) is 0.914. The van der Waals surface area contributed by atoms with Crippen molar-refractivity contribution in [2.45, 2.75) is 28.4 Å². The van der Waals surface area contributed by atoms with Gasteiger partial charge in [0.2, 0.25) is 10.0 Å². The molecule has 2 aliphatic heterocycles. The summed E-state index contributed by atoms with van der Waals surface area (Å²) in [6.45, 7) is 4.21. The maximum absolute atomic E-state index is 12.9. The van der Waals surface area contributed by atoms with E-state index in [1.807, 2.05) is 24.3 Å². The molecule has 1 atom stereocenters. The molecule has 9 heteroatoms. The van der Waals surface area contributed by atoms with E-state index in [0.717, 1.165) is 17.0 Å². The van der Waals surface area contributed by atoms with E-state index >= 15 is 0 Å². The first-order chi connectivity index (χ1) is 14.9. The van der Waals surface area contributed by atoms with E-state index in [9.17, 15) is 13.2 Å². The second-order valence-electron chi connectivity index (χ2n) is 7.51. The molecule has 2 aromatic carbocycles. The average molecular weight is 463 g/mol. The predicted molar refractivity (Wildman–Crippen MR) is 120 cm³/mol. The average Bonchev–Trinajstić information content (AvgIpc) is 2.96. The van der Waals surface area contributed by atoms with Gasteiger partial charge in [0.25, 0.3) is 5.91 Å². The molecular weight excluding hydrogens is 436 g/mol. The number of nitrogens with zero attached hydrogens (tertiary/aromatic N) is 2. The number of benzene rings is 2. The maximum Gasteiger partial charge on any atom is 0.264 e. The summed E-state index contributed by atoms with van der Waals surface area (Å²) in [5.74, 6) is 0.340. The SMILES string of the molecule is CC1CCN(C(=O)COc2ccc(S(=O)(=O)N3CCOCC3)cc2)c2ccccc2S1. The molecule has 31 heavy (non-hydrogen) atoms.